The van der Waals surface area contributed by atoms with E-state index in [1.54, 1.807) is 35.2 Å². The van der Waals surface area contributed by atoms with Crippen molar-refractivity contribution < 1.29 is 13.2 Å². The number of rotatable bonds is 6. The van der Waals surface area contributed by atoms with Gasteiger partial charge in [-0.25, -0.2) is 8.42 Å². The number of nitrogens with zero attached hydrogens (tertiary/aromatic N) is 5. The Morgan fingerprint density at radius 3 is 2.55 bits per heavy atom. The minimum atomic E-state index is -3.70. The van der Waals surface area contributed by atoms with Crippen LogP contribution in [0.25, 0.3) is 11.0 Å². The summed E-state index contributed by atoms with van der Waals surface area (Å²) in [7, 11) is -3.70. The molecule has 160 valence electrons. The Morgan fingerprint density at radius 2 is 1.84 bits per heavy atom. The fraction of sp³-hybridized carbons (Fsp3) is 0.300. The second-order valence-corrected chi connectivity index (χ2v) is 10.4. The highest BCUT2D eigenvalue weighted by molar-refractivity contribution is 7.99. The first-order chi connectivity index (χ1) is 15.0. The molecule has 0 bridgehead atoms. The highest BCUT2D eigenvalue weighted by atomic mass is 32.2. The second-order valence-electron chi connectivity index (χ2n) is 6.97. The summed E-state index contributed by atoms with van der Waals surface area (Å²) in [6.45, 7) is 1.23. The van der Waals surface area contributed by atoms with Crippen LogP contribution < -0.4 is 0 Å². The molecule has 2 heterocycles. The van der Waals surface area contributed by atoms with Crippen LogP contribution in [0.2, 0.25) is 0 Å². The van der Waals surface area contributed by atoms with E-state index in [1.807, 2.05) is 12.1 Å². The highest BCUT2D eigenvalue weighted by Crippen LogP contribution is 2.25. The van der Waals surface area contributed by atoms with E-state index in [9.17, 15) is 13.2 Å². The van der Waals surface area contributed by atoms with Gasteiger partial charge in [0.25, 0.3) is 0 Å². The van der Waals surface area contributed by atoms with Crippen LogP contribution in [-0.2, 0) is 20.6 Å². The maximum Gasteiger partial charge on any atom is 0.245 e. The fourth-order valence-corrected chi connectivity index (χ4v) is 6.39. The minimum absolute atomic E-state index is 0.00138. The van der Waals surface area contributed by atoms with Crippen LogP contribution in [0.5, 0.6) is 0 Å². The maximum atomic E-state index is 13.1. The van der Waals surface area contributed by atoms with E-state index in [2.05, 4.69) is 14.8 Å². The molecule has 31 heavy (non-hydrogen) atoms. The zero-order valence-electron chi connectivity index (χ0n) is 16.5. The van der Waals surface area contributed by atoms with Gasteiger partial charge in [0.2, 0.25) is 15.9 Å². The number of aromatic nitrogens is 2. The molecular formula is C20H19N5O3S3. The van der Waals surface area contributed by atoms with Crippen molar-refractivity contribution >= 4 is 50.5 Å². The van der Waals surface area contributed by atoms with Crippen LogP contribution >= 0.6 is 23.5 Å². The molecule has 0 spiro atoms. The summed E-state index contributed by atoms with van der Waals surface area (Å²) in [5.41, 5.74) is 2.63. The molecule has 1 fully saturated rings. The zero-order valence-corrected chi connectivity index (χ0v) is 18.9. The molecule has 3 aromatic rings. The minimum Gasteiger partial charge on any atom is -0.339 e. The molecule has 11 heteroatoms. The topological polar surface area (TPSA) is 107 Å². The number of piperazine rings is 1. The van der Waals surface area contributed by atoms with Crippen molar-refractivity contribution in [1.82, 2.24) is 18.0 Å². The predicted octanol–water partition coefficient (Wildman–Crippen LogP) is 2.33. The summed E-state index contributed by atoms with van der Waals surface area (Å²) in [4.78, 5) is 14.4. The number of fused-ring (bicyclic) bond motifs is 1. The van der Waals surface area contributed by atoms with E-state index in [0.717, 1.165) is 17.3 Å². The first kappa shape index (κ1) is 21.7. The van der Waals surface area contributed by atoms with E-state index in [1.165, 1.54) is 16.1 Å². The van der Waals surface area contributed by atoms with Gasteiger partial charge in [-0.15, -0.1) is 11.8 Å². The Balaban J connectivity index is 1.31. The Hall–Kier alpha value is -2.52. The van der Waals surface area contributed by atoms with Crippen LogP contribution in [0.15, 0.2) is 47.4 Å². The molecule has 1 saturated heterocycles. The largest absolute Gasteiger partial charge is 0.339 e. The summed E-state index contributed by atoms with van der Waals surface area (Å²) < 4.78 is 35.8. The summed E-state index contributed by atoms with van der Waals surface area (Å²) in [6, 6.07) is 14.3. The Morgan fingerprint density at radius 1 is 1.10 bits per heavy atom. The number of sulfonamides is 1. The molecule has 0 atom stereocenters. The van der Waals surface area contributed by atoms with E-state index in [4.69, 9.17) is 5.26 Å². The molecule has 2 aromatic carbocycles. The highest BCUT2D eigenvalue weighted by Gasteiger charge is 2.31. The standard InChI is InChI=1S/C20H19N5O3S3/c21-12-15-4-6-16(7-5-15)13-29-14-19(26)24-8-10-25(11-9-24)31(27,28)18-3-1-2-17-20(18)23-30-22-17/h1-7H,8-11,13-14H2. The molecule has 0 N–H and O–H groups in total. The molecular weight excluding hydrogens is 454 g/mol. The molecule has 0 radical (unpaired) electrons. The van der Waals surface area contributed by atoms with Crippen LogP contribution in [0, 0.1) is 11.3 Å². The molecule has 1 aliphatic rings. The fourth-order valence-electron chi connectivity index (χ4n) is 3.33. The van der Waals surface area contributed by atoms with Crippen LogP contribution in [0.1, 0.15) is 11.1 Å². The van der Waals surface area contributed by atoms with Gasteiger partial charge < -0.3 is 4.90 Å². The molecule has 1 aliphatic heterocycles. The normalized spacial score (nSPS) is 15.1. The third kappa shape index (κ3) is 4.72. The van der Waals surface area contributed by atoms with Gasteiger partial charge in [-0.2, -0.15) is 18.3 Å². The van der Waals surface area contributed by atoms with E-state index < -0.39 is 10.0 Å². The van der Waals surface area contributed by atoms with Crippen molar-refractivity contribution in [1.29, 1.82) is 5.26 Å². The maximum absolute atomic E-state index is 13.1. The monoisotopic (exact) mass is 473 g/mol. The molecule has 8 nitrogen and oxygen atoms in total. The van der Waals surface area contributed by atoms with Gasteiger partial charge in [0, 0.05) is 31.9 Å². The number of hydrogen-bond acceptors (Lipinski definition) is 8. The average molecular weight is 474 g/mol. The van der Waals surface area contributed by atoms with Gasteiger partial charge in [0.1, 0.15) is 15.9 Å². The second kappa shape index (κ2) is 9.32. The number of benzene rings is 2. The third-order valence-electron chi connectivity index (χ3n) is 5.04. The summed E-state index contributed by atoms with van der Waals surface area (Å²) in [6.07, 6.45) is 0. The van der Waals surface area contributed by atoms with E-state index in [0.29, 0.717) is 41.2 Å². The zero-order chi connectivity index (χ0) is 21.8. The van der Waals surface area contributed by atoms with Gasteiger partial charge in [-0.1, -0.05) is 18.2 Å². The third-order valence-corrected chi connectivity index (χ3v) is 8.50. The van der Waals surface area contributed by atoms with Crippen molar-refractivity contribution in [3.8, 4) is 6.07 Å². The molecule has 4 rings (SSSR count). The Kier molecular flexibility index (Phi) is 6.52. The molecule has 0 aliphatic carbocycles. The van der Waals surface area contributed by atoms with Crippen molar-refractivity contribution in [2.75, 3.05) is 31.9 Å². The average Bonchev–Trinajstić information content (AvgIpc) is 3.28. The Bertz CT molecular complexity index is 1230. The molecule has 1 aromatic heterocycles. The lowest BCUT2D eigenvalue weighted by molar-refractivity contribution is -0.129. The van der Waals surface area contributed by atoms with Gasteiger partial charge >= 0.3 is 0 Å². The number of amides is 1. The molecule has 0 unspecified atom stereocenters. The van der Waals surface area contributed by atoms with Crippen LogP contribution in [0.4, 0.5) is 0 Å². The predicted molar refractivity (Wildman–Crippen MR) is 120 cm³/mol. The first-order valence-corrected chi connectivity index (χ1v) is 12.9. The molecule has 1 amide bonds. The number of thioether (sulfide) groups is 1. The van der Waals surface area contributed by atoms with Crippen LogP contribution in [-0.4, -0.2) is 64.2 Å². The number of carbonyl (C=O) groups is 1. The number of hydrogen-bond donors (Lipinski definition) is 0. The van der Waals surface area contributed by atoms with E-state index >= 15 is 0 Å². The van der Waals surface area contributed by atoms with Crippen molar-refractivity contribution in [3.63, 3.8) is 0 Å². The van der Waals surface area contributed by atoms with Crippen molar-refractivity contribution in [2.24, 2.45) is 0 Å². The number of nitriles is 1. The quantitative estimate of drug-likeness (QED) is 0.541. The smallest absolute Gasteiger partial charge is 0.245 e. The summed E-state index contributed by atoms with van der Waals surface area (Å²) in [5, 5.41) is 8.84. The first-order valence-electron chi connectivity index (χ1n) is 9.55. The lowest BCUT2D eigenvalue weighted by atomic mass is 10.2. The van der Waals surface area contributed by atoms with Crippen LogP contribution in [0.3, 0.4) is 0 Å². The summed E-state index contributed by atoms with van der Waals surface area (Å²) in [5.74, 6) is 1.01. The van der Waals surface area contributed by atoms with Gasteiger partial charge in [-0.3, -0.25) is 4.79 Å². The SMILES string of the molecule is N#Cc1ccc(CSCC(=O)N2CCN(S(=O)(=O)c3cccc4nsnc34)CC2)cc1. The van der Waals surface area contributed by atoms with Crippen molar-refractivity contribution in [3.05, 3.63) is 53.6 Å². The van der Waals surface area contributed by atoms with Gasteiger partial charge in [0.15, 0.2) is 0 Å². The lowest BCUT2D eigenvalue weighted by Gasteiger charge is -2.34. The molecule has 0 saturated carbocycles. The lowest BCUT2D eigenvalue weighted by Crippen LogP contribution is -2.51. The van der Waals surface area contributed by atoms with E-state index in [-0.39, 0.29) is 23.9 Å². The number of carbonyl (C=O) groups excluding carboxylic acids is 1. The van der Waals surface area contributed by atoms with Gasteiger partial charge in [-0.05, 0) is 29.8 Å². The van der Waals surface area contributed by atoms with Crippen molar-refractivity contribution in [2.45, 2.75) is 10.6 Å². The Labute approximate surface area is 188 Å². The van der Waals surface area contributed by atoms with Gasteiger partial charge in [0.05, 0.1) is 29.1 Å². The summed E-state index contributed by atoms with van der Waals surface area (Å²) >= 11 is 2.50.